The van der Waals surface area contributed by atoms with Crippen LogP contribution in [-0.2, 0) is 12.2 Å². The smallest absolute Gasteiger partial charge is 0.387 e. The summed E-state index contributed by atoms with van der Waals surface area (Å²) >= 11 is 1.53. The lowest BCUT2D eigenvalue weighted by Crippen LogP contribution is -2.25. The van der Waals surface area contributed by atoms with Gasteiger partial charge in [-0.25, -0.2) is 4.98 Å². The molecule has 1 amide bonds. The number of H-pyrrole nitrogens is 1. The van der Waals surface area contributed by atoms with Crippen LogP contribution in [0.25, 0.3) is 0 Å². The summed E-state index contributed by atoms with van der Waals surface area (Å²) in [7, 11) is 0. The van der Waals surface area contributed by atoms with E-state index < -0.39 is 6.61 Å². The van der Waals surface area contributed by atoms with Gasteiger partial charge in [0, 0.05) is 17.9 Å². The first-order valence-electron chi connectivity index (χ1n) is 8.49. The van der Waals surface area contributed by atoms with E-state index in [4.69, 9.17) is 0 Å². The van der Waals surface area contributed by atoms with E-state index in [1.807, 2.05) is 12.1 Å². The van der Waals surface area contributed by atoms with Crippen LogP contribution >= 0.6 is 11.8 Å². The molecule has 28 heavy (non-hydrogen) atoms. The fourth-order valence-corrected chi connectivity index (χ4v) is 3.16. The zero-order valence-electron chi connectivity index (χ0n) is 14.8. The molecule has 0 spiro atoms. The van der Waals surface area contributed by atoms with Crippen LogP contribution in [-0.4, -0.2) is 34.2 Å². The monoisotopic (exact) mass is 404 g/mol. The Morgan fingerprint density at radius 2 is 1.82 bits per heavy atom. The SMILES string of the molecule is O=C(NCCc1ccc(OC(F)F)cc1)c1ccc(CSc2ncn[nH]2)cc1. The summed E-state index contributed by atoms with van der Waals surface area (Å²) in [6.07, 6.45) is 2.05. The number of thioether (sulfide) groups is 1. The van der Waals surface area contributed by atoms with Gasteiger partial charge in [0.1, 0.15) is 12.1 Å². The van der Waals surface area contributed by atoms with Gasteiger partial charge in [-0.1, -0.05) is 36.0 Å². The summed E-state index contributed by atoms with van der Waals surface area (Å²) in [5.41, 5.74) is 2.57. The molecule has 0 fully saturated rings. The molecule has 3 rings (SSSR count). The maximum absolute atomic E-state index is 12.2. The molecule has 0 saturated heterocycles. The van der Waals surface area contributed by atoms with Crippen LogP contribution in [0.3, 0.4) is 0 Å². The molecule has 1 aromatic heterocycles. The van der Waals surface area contributed by atoms with Crippen LogP contribution in [0.15, 0.2) is 60.0 Å². The highest BCUT2D eigenvalue weighted by Crippen LogP contribution is 2.18. The number of nitrogens with one attached hydrogen (secondary N) is 2. The van der Waals surface area contributed by atoms with Gasteiger partial charge in [0.25, 0.3) is 5.91 Å². The van der Waals surface area contributed by atoms with E-state index in [9.17, 15) is 13.6 Å². The molecule has 146 valence electrons. The van der Waals surface area contributed by atoms with Gasteiger partial charge in [0.05, 0.1) is 0 Å². The van der Waals surface area contributed by atoms with Gasteiger partial charge in [-0.15, -0.1) is 0 Å². The van der Waals surface area contributed by atoms with Crippen molar-refractivity contribution in [1.29, 1.82) is 0 Å². The van der Waals surface area contributed by atoms with Crippen molar-refractivity contribution in [2.45, 2.75) is 23.9 Å². The van der Waals surface area contributed by atoms with Crippen LogP contribution < -0.4 is 10.1 Å². The second-order valence-electron chi connectivity index (χ2n) is 5.80. The average molecular weight is 404 g/mol. The number of carbonyl (C=O) groups excluding carboxylic acids is 1. The Hall–Kier alpha value is -2.94. The van der Waals surface area contributed by atoms with Gasteiger partial charge in [-0.3, -0.25) is 9.89 Å². The number of amides is 1. The predicted octanol–water partition coefficient (Wildman–Crippen LogP) is 3.67. The Bertz CT molecular complexity index is 872. The quantitative estimate of drug-likeness (QED) is 0.532. The van der Waals surface area contributed by atoms with Crippen molar-refractivity contribution in [2.24, 2.45) is 0 Å². The molecule has 3 aromatic rings. The zero-order valence-corrected chi connectivity index (χ0v) is 15.6. The van der Waals surface area contributed by atoms with Crippen LogP contribution in [0.4, 0.5) is 8.78 Å². The highest BCUT2D eigenvalue weighted by Gasteiger charge is 2.07. The lowest BCUT2D eigenvalue weighted by molar-refractivity contribution is -0.0498. The van der Waals surface area contributed by atoms with Gasteiger partial charge >= 0.3 is 6.61 Å². The lowest BCUT2D eigenvalue weighted by Gasteiger charge is -2.08. The number of benzene rings is 2. The minimum absolute atomic E-state index is 0.115. The van der Waals surface area contributed by atoms with Crippen molar-refractivity contribution in [1.82, 2.24) is 20.5 Å². The predicted molar refractivity (Wildman–Crippen MR) is 101 cm³/mol. The molecule has 0 saturated carbocycles. The molecule has 2 N–H and O–H groups in total. The van der Waals surface area contributed by atoms with E-state index in [-0.39, 0.29) is 11.7 Å². The van der Waals surface area contributed by atoms with E-state index in [1.54, 1.807) is 24.3 Å². The van der Waals surface area contributed by atoms with Gasteiger partial charge in [-0.05, 0) is 41.8 Å². The molecule has 0 bridgehead atoms. The van der Waals surface area contributed by atoms with E-state index in [0.717, 1.165) is 22.0 Å². The minimum atomic E-state index is -2.84. The molecule has 2 aromatic carbocycles. The second-order valence-corrected chi connectivity index (χ2v) is 6.77. The molecule has 9 heteroatoms. The number of alkyl halides is 2. The largest absolute Gasteiger partial charge is 0.435 e. The average Bonchev–Trinajstić information content (AvgIpc) is 3.21. The van der Waals surface area contributed by atoms with Crippen LogP contribution in [0.1, 0.15) is 21.5 Å². The second kappa shape index (κ2) is 9.84. The fourth-order valence-electron chi connectivity index (χ4n) is 2.43. The van der Waals surface area contributed by atoms with E-state index in [2.05, 4.69) is 25.2 Å². The summed E-state index contributed by atoms with van der Waals surface area (Å²) in [5.74, 6) is 0.680. The number of ether oxygens (including phenoxy) is 1. The maximum Gasteiger partial charge on any atom is 0.387 e. The van der Waals surface area contributed by atoms with Crippen molar-refractivity contribution >= 4 is 17.7 Å². The molecule has 0 aliphatic heterocycles. The highest BCUT2D eigenvalue weighted by atomic mass is 32.2. The molecule has 0 aliphatic rings. The Morgan fingerprint density at radius 3 is 2.46 bits per heavy atom. The van der Waals surface area contributed by atoms with E-state index in [0.29, 0.717) is 18.5 Å². The summed E-state index contributed by atoms with van der Waals surface area (Å²) in [6, 6.07) is 13.7. The number of aromatic nitrogens is 3. The summed E-state index contributed by atoms with van der Waals surface area (Å²) < 4.78 is 28.6. The molecule has 0 atom stereocenters. The van der Waals surface area contributed by atoms with E-state index >= 15 is 0 Å². The van der Waals surface area contributed by atoms with Crippen molar-refractivity contribution in [3.63, 3.8) is 0 Å². The third-order valence-electron chi connectivity index (χ3n) is 3.83. The summed E-state index contributed by atoms with van der Waals surface area (Å²) in [4.78, 5) is 16.3. The topological polar surface area (TPSA) is 79.9 Å². The number of rotatable bonds is 9. The van der Waals surface area contributed by atoms with Gasteiger partial charge in [-0.2, -0.15) is 13.9 Å². The lowest BCUT2D eigenvalue weighted by atomic mass is 10.1. The van der Waals surface area contributed by atoms with Crippen molar-refractivity contribution in [3.8, 4) is 5.75 Å². The van der Waals surface area contributed by atoms with Crippen molar-refractivity contribution in [3.05, 3.63) is 71.5 Å². The Morgan fingerprint density at radius 1 is 1.11 bits per heavy atom. The molecule has 1 heterocycles. The number of halogens is 2. The Kier molecular flexibility index (Phi) is 6.96. The van der Waals surface area contributed by atoms with Crippen LogP contribution in [0, 0.1) is 0 Å². The minimum Gasteiger partial charge on any atom is -0.435 e. The molecule has 0 unspecified atom stereocenters. The maximum atomic E-state index is 12.2. The van der Waals surface area contributed by atoms with E-state index in [1.165, 1.54) is 30.2 Å². The first kappa shape index (κ1) is 19.8. The number of nitrogens with zero attached hydrogens (tertiary/aromatic N) is 2. The number of carbonyl (C=O) groups is 1. The number of hydrogen-bond donors (Lipinski definition) is 2. The molecule has 0 aliphatic carbocycles. The summed E-state index contributed by atoms with van der Waals surface area (Å²) in [6.45, 7) is -2.39. The fraction of sp³-hybridized carbons (Fsp3) is 0.211. The zero-order chi connectivity index (χ0) is 19.8. The van der Waals surface area contributed by atoms with Crippen LogP contribution in [0.2, 0.25) is 0 Å². The first-order chi connectivity index (χ1) is 13.6. The summed E-state index contributed by atoms with van der Waals surface area (Å²) in [5, 5.41) is 10.2. The van der Waals surface area contributed by atoms with Gasteiger partial charge in [0.15, 0.2) is 5.16 Å². The molecular weight excluding hydrogens is 386 g/mol. The molecule has 6 nitrogen and oxygen atoms in total. The Balaban J connectivity index is 1.43. The molecular formula is C19H18F2N4O2S. The van der Waals surface area contributed by atoms with Crippen molar-refractivity contribution in [2.75, 3.05) is 6.54 Å². The molecule has 0 radical (unpaired) electrons. The third kappa shape index (κ3) is 6.05. The van der Waals surface area contributed by atoms with Gasteiger partial charge < -0.3 is 10.1 Å². The third-order valence-corrected chi connectivity index (χ3v) is 4.78. The number of aromatic amines is 1. The first-order valence-corrected chi connectivity index (χ1v) is 9.48. The van der Waals surface area contributed by atoms with Gasteiger partial charge in [0.2, 0.25) is 0 Å². The normalized spacial score (nSPS) is 10.8. The number of hydrogen-bond acceptors (Lipinski definition) is 5. The van der Waals surface area contributed by atoms with Crippen molar-refractivity contribution < 1.29 is 18.3 Å². The Labute approximate surface area is 164 Å². The van der Waals surface area contributed by atoms with Crippen LogP contribution in [0.5, 0.6) is 5.75 Å². The highest BCUT2D eigenvalue weighted by molar-refractivity contribution is 7.98. The standard InChI is InChI=1S/C19H18F2N4O2S/c20-18(21)27-16-7-3-13(4-8-16)9-10-22-17(26)15-5-1-14(2-6-15)11-28-19-23-12-24-25-19/h1-8,12,18H,9-11H2,(H,22,26)(H,23,24,25).